The first-order chi connectivity index (χ1) is 18.4. The highest BCUT2D eigenvalue weighted by molar-refractivity contribution is 8.00. The first-order valence-electron chi connectivity index (χ1n) is 12.4. The number of halogens is 1. The number of rotatable bonds is 8. The van der Waals surface area contributed by atoms with Crippen LogP contribution in [0.2, 0.25) is 5.02 Å². The molecule has 2 heterocycles. The van der Waals surface area contributed by atoms with E-state index in [0.717, 1.165) is 50.2 Å². The molecule has 1 amide bonds. The number of aromatic nitrogens is 2. The predicted molar refractivity (Wildman–Crippen MR) is 153 cm³/mol. The number of carbonyl (C=O) groups is 1. The van der Waals surface area contributed by atoms with Crippen molar-refractivity contribution >= 4 is 61.7 Å². The number of para-hydroxylation sites is 3. The van der Waals surface area contributed by atoms with Crippen LogP contribution in [0.3, 0.4) is 0 Å². The molecule has 11 heteroatoms. The minimum absolute atomic E-state index is 0.00664. The van der Waals surface area contributed by atoms with Gasteiger partial charge in [-0.15, -0.1) is 3.97 Å². The van der Waals surface area contributed by atoms with Crippen molar-refractivity contribution in [2.45, 2.75) is 17.0 Å². The SMILES string of the molecule is CCN1CCN(c2c(Cl)cccc2NC(=O)CSc2[nH]c3ccccc3[n+]2S(=O)(=O)c2ccccc2)CC1. The van der Waals surface area contributed by atoms with E-state index in [2.05, 4.69) is 27.0 Å². The average molecular weight is 571 g/mol. The molecular formula is C27H29ClN5O3S2+. The molecule has 2 N–H and O–H groups in total. The van der Waals surface area contributed by atoms with Crippen molar-refractivity contribution in [3.05, 3.63) is 77.8 Å². The van der Waals surface area contributed by atoms with Crippen LogP contribution in [0.4, 0.5) is 11.4 Å². The average Bonchev–Trinajstić information content (AvgIpc) is 3.32. The third kappa shape index (κ3) is 5.40. The highest BCUT2D eigenvalue weighted by atomic mass is 35.5. The van der Waals surface area contributed by atoms with E-state index >= 15 is 0 Å². The summed E-state index contributed by atoms with van der Waals surface area (Å²) in [5.41, 5.74) is 2.64. The van der Waals surface area contributed by atoms with Crippen molar-refractivity contribution in [1.82, 2.24) is 9.88 Å². The van der Waals surface area contributed by atoms with Crippen LogP contribution >= 0.6 is 23.4 Å². The molecule has 1 aliphatic rings. The minimum Gasteiger partial charge on any atom is -0.366 e. The summed E-state index contributed by atoms with van der Waals surface area (Å²) >= 11 is 7.71. The van der Waals surface area contributed by atoms with Gasteiger partial charge in [0.25, 0.3) is 0 Å². The van der Waals surface area contributed by atoms with Crippen LogP contribution < -0.4 is 14.2 Å². The molecule has 1 aliphatic heterocycles. The molecule has 0 radical (unpaired) electrons. The zero-order valence-electron chi connectivity index (χ0n) is 20.9. The lowest BCUT2D eigenvalue weighted by atomic mass is 10.2. The summed E-state index contributed by atoms with van der Waals surface area (Å²) in [6, 6.07) is 20.9. The maximum atomic E-state index is 13.6. The van der Waals surface area contributed by atoms with Gasteiger partial charge in [-0.1, -0.05) is 54.9 Å². The number of hydrogen-bond donors (Lipinski definition) is 2. The smallest absolute Gasteiger partial charge is 0.336 e. The summed E-state index contributed by atoms with van der Waals surface area (Å²) in [6.45, 7) is 6.66. The summed E-state index contributed by atoms with van der Waals surface area (Å²) in [5.74, 6) is -0.250. The lowest BCUT2D eigenvalue weighted by Gasteiger charge is -2.36. The lowest BCUT2D eigenvalue weighted by molar-refractivity contribution is -0.526. The molecule has 5 rings (SSSR count). The molecule has 3 aromatic carbocycles. The number of nitrogens with one attached hydrogen (secondary N) is 2. The van der Waals surface area contributed by atoms with Crippen LogP contribution in [0, 0.1) is 0 Å². The molecule has 1 fully saturated rings. The number of imidazole rings is 1. The Bertz CT molecular complexity index is 1550. The van der Waals surface area contributed by atoms with Crippen LogP contribution in [-0.2, 0) is 14.8 Å². The van der Waals surface area contributed by atoms with Crippen molar-refractivity contribution in [1.29, 1.82) is 0 Å². The quantitative estimate of drug-likeness (QED) is 0.244. The molecule has 0 aliphatic carbocycles. The van der Waals surface area contributed by atoms with Crippen LogP contribution in [0.25, 0.3) is 11.0 Å². The van der Waals surface area contributed by atoms with Gasteiger partial charge in [-0.25, -0.2) is 4.98 Å². The number of thioether (sulfide) groups is 1. The Balaban J connectivity index is 1.37. The monoisotopic (exact) mass is 570 g/mol. The topological polar surface area (TPSA) is 89.4 Å². The van der Waals surface area contributed by atoms with Crippen LogP contribution in [0.5, 0.6) is 0 Å². The molecule has 1 saturated heterocycles. The van der Waals surface area contributed by atoms with Gasteiger partial charge >= 0.3 is 15.2 Å². The van der Waals surface area contributed by atoms with E-state index in [4.69, 9.17) is 11.6 Å². The second kappa shape index (κ2) is 11.4. The Morgan fingerprint density at radius 1 is 1.00 bits per heavy atom. The molecule has 8 nitrogen and oxygen atoms in total. The molecule has 1 aromatic heterocycles. The number of anilines is 2. The van der Waals surface area contributed by atoms with Crippen molar-refractivity contribution in [2.75, 3.05) is 48.7 Å². The fraction of sp³-hybridized carbons (Fsp3) is 0.259. The standard InChI is InChI=1S/C27H28ClN5O3S2/c1-2-31-15-17-32(18-16-31)26-21(28)11-8-13-23(26)29-25(34)19-37-27-30-22-12-6-7-14-24(22)33(27)38(35,36)20-9-4-3-5-10-20/h3-14H,2,15-19H2,1H3,(H,29,34)/p+1. The number of nitrogens with zero attached hydrogens (tertiary/aromatic N) is 3. The van der Waals surface area contributed by atoms with Gasteiger partial charge in [0.1, 0.15) is 4.90 Å². The first kappa shape index (κ1) is 26.6. The van der Waals surface area contributed by atoms with E-state index < -0.39 is 10.0 Å². The van der Waals surface area contributed by atoms with Crippen molar-refractivity contribution in [2.24, 2.45) is 0 Å². The Labute approximate surface area is 231 Å². The number of hydrogen-bond acceptors (Lipinski definition) is 6. The molecule has 0 saturated carbocycles. The molecule has 0 atom stereocenters. The molecule has 4 aromatic rings. The minimum atomic E-state index is -3.89. The lowest BCUT2D eigenvalue weighted by Crippen LogP contribution is -2.46. The second-order valence-electron chi connectivity index (χ2n) is 8.92. The van der Waals surface area contributed by atoms with Gasteiger partial charge in [-0.05, 0) is 54.7 Å². The van der Waals surface area contributed by atoms with Crippen LogP contribution in [-0.4, -0.2) is 62.7 Å². The predicted octanol–water partition coefficient (Wildman–Crippen LogP) is 4.22. The maximum absolute atomic E-state index is 13.6. The van der Waals surface area contributed by atoms with Gasteiger partial charge in [0.2, 0.25) is 5.91 Å². The van der Waals surface area contributed by atoms with E-state index in [9.17, 15) is 13.2 Å². The largest absolute Gasteiger partial charge is 0.366 e. The third-order valence-electron chi connectivity index (χ3n) is 6.57. The Kier molecular flexibility index (Phi) is 7.94. The number of amides is 1. The normalized spacial score (nSPS) is 14.6. The summed E-state index contributed by atoms with van der Waals surface area (Å²) in [7, 11) is -3.89. The van der Waals surface area contributed by atoms with E-state index in [1.807, 2.05) is 30.3 Å². The van der Waals surface area contributed by atoms with Gasteiger partial charge in [0.05, 0.1) is 22.2 Å². The Morgan fingerprint density at radius 3 is 2.45 bits per heavy atom. The Morgan fingerprint density at radius 2 is 1.71 bits per heavy atom. The van der Waals surface area contributed by atoms with Crippen molar-refractivity contribution in [3.8, 4) is 0 Å². The van der Waals surface area contributed by atoms with Gasteiger partial charge < -0.3 is 15.1 Å². The van der Waals surface area contributed by atoms with Crippen LogP contribution in [0.1, 0.15) is 6.92 Å². The number of H-pyrrole nitrogens is 1. The zero-order chi connectivity index (χ0) is 26.7. The molecule has 38 heavy (non-hydrogen) atoms. The zero-order valence-corrected chi connectivity index (χ0v) is 23.3. The molecule has 0 spiro atoms. The molecule has 198 valence electrons. The summed E-state index contributed by atoms with van der Waals surface area (Å²) in [5, 5.41) is 3.94. The van der Waals surface area contributed by atoms with Crippen molar-refractivity contribution < 1.29 is 17.2 Å². The summed E-state index contributed by atoms with van der Waals surface area (Å²) in [4.78, 5) is 21.0. The van der Waals surface area contributed by atoms with Gasteiger partial charge in [0.15, 0.2) is 11.0 Å². The van der Waals surface area contributed by atoms with Crippen molar-refractivity contribution in [3.63, 3.8) is 0 Å². The number of fused-ring (bicyclic) bond motifs is 1. The summed E-state index contributed by atoms with van der Waals surface area (Å²) < 4.78 is 28.4. The first-order valence-corrected chi connectivity index (χ1v) is 15.2. The van der Waals surface area contributed by atoms with Gasteiger partial charge in [-0.3, -0.25) is 4.79 Å². The fourth-order valence-corrected chi connectivity index (χ4v) is 7.49. The molecule has 0 unspecified atom stereocenters. The highest BCUT2D eigenvalue weighted by Crippen LogP contribution is 2.35. The number of aromatic amines is 1. The van der Waals surface area contributed by atoms with E-state index in [-0.39, 0.29) is 16.6 Å². The molecular weight excluding hydrogens is 542 g/mol. The van der Waals surface area contributed by atoms with E-state index in [0.29, 0.717) is 26.9 Å². The second-order valence-corrected chi connectivity index (χ2v) is 12.1. The van der Waals surface area contributed by atoms with Gasteiger partial charge in [-0.2, -0.15) is 8.42 Å². The number of carbonyl (C=O) groups excluding carboxylic acids is 1. The number of likely N-dealkylation sites (N-methyl/N-ethyl adjacent to an activating group) is 1. The number of benzene rings is 3. The highest BCUT2D eigenvalue weighted by Gasteiger charge is 2.32. The third-order valence-corrected chi connectivity index (χ3v) is 9.68. The Hall–Kier alpha value is -3.05. The number of piperazine rings is 1. The van der Waals surface area contributed by atoms with Gasteiger partial charge in [0, 0.05) is 26.2 Å². The summed E-state index contributed by atoms with van der Waals surface area (Å²) in [6.07, 6.45) is 0. The fourth-order valence-electron chi connectivity index (χ4n) is 4.61. The van der Waals surface area contributed by atoms with Crippen LogP contribution in [0.15, 0.2) is 82.8 Å². The maximum Gasteiger partial charge on any atom is 0.336 e. The molecule has 0 bridgehead atoms. The van der Waals surface area contributed by atoms with E-state index in [1.165, 1.54) is 3.97 Å². The van der Waals surface area contributed by atoms with E-state index in [1.54, 1.807) is 42.5 Å².